The molecule has 118 valence electrons. The van der Waals surface area contributed by atoms with Crippen LogP contribution in [0.2, 0.25) is 0 Å². The van der Waals surface area contributed by atoms with Crippen molar-refractivity contribution in [2.75, 3.05) is 0 Å². The number of benzene rings is 1. The lowest BCUT2D eigenvalue weighted by molar-refractivity contribution is -0.136. The van der Waals surface area contributed by atoms with Gasteiger partial charge < -0.3 is 19.1 Å². The first-order chi connectivity index (χ1) is 10.4. The lowest BCUT2D eigenvalue weighted by Crippen LogP contribution is -2.10. The second-order valence-corrected chi connectivity index (χ2v) is 4.82. The van der Waals surface area contributed by atoms with Crippen molar-refractivity contribution in [3.05, 3.63) is 24.3 Å². The number of carbonyl (C=O) groups is 4. The van der Waals surface area contributed by atoms with E-state index in [1.807, 2.05) is 0 Å². The van der Waals surface area contributed by atoms with E-state index in [1.54, 1.807) is 0 Å². The highest BCUT2D eigenvalue weighted by Crippen LogP contribution is 2.18. The van der Waals surface area contributed by atoms with Crippen molar-refractivity contribution in [3.63, 3.8) is 0 Å². The maximum atomic E-state index is 11.4. The Morgan fingerprint density at radius 3 is 1.27 bits per heavy atom. The third-order valence-electron chi connectivity index (χ3n) is 2.65. The first-order valence-corrected chi connectivity index (χ1v) is 6.87. The largest absolute Gasteiger partial charge is 0.427 e. The molecule has 0 amide bonds. The van der Waals surface area contributed by atoms with E-state index in [0.717, 1.165) is 0 Å². The van der Waals surface area contributed by atoms with Gasteiger partial charge in [0.15, 0.2) is 0 Å². The number of esters is 2. The van der Waals surface area contributed by atoms with E-state index in [1.165, 1.54) is 38.1 Å². The van der Waals surface area contributed by atoms with Crippen LogP contribution in [-0.2, 0) is 19.2 Å². The summed E-state index contributed by atoms with van der Waals surface area (Å²) in [5.74, 6) is -0.550. The number of ether oxygens (including phenoxy) is 2. The summed E-state index contributed by atoms with van der Waals surface area (Å²) in [6.07, 6.45) is 0.337. The molecule has 0 atom stereocenters. The van der Waals surface area contributed by atoms with Gasteiger partial charge in [0.1, 0.15) is 23.1 Å². The predicted octanol–water partition coefficient (Wildman–Crippen LogP) is 2.24. The van der Waals surface area contributed by atoms with Crippen molar-refractivity contribution < 1.29 is 28.7 Å². The van der Waals surface area contributed by atoms with Gasteiger partial charge in [-0.25, -0.2) is 0 Å². The standard InChI is InChI=1S/C16H18O6/c1-11(17)3-9-15(19)21-13-5-7-14(8-6-13)22-16(20)10-4-12(2)18/h5-8H,3-4,9-10H2,1-2H3. The van der Waals surface area contributed by atoms with E-state index in [-0.39, 0.29) is 37.2 Å². The number of rotatable bonds is 8. The van der Waals surface area contributed by atoms with E-state index < -0.39 is 11.9 Å². The molecule has 0 saturated heterocycles. The SMILES string of the molecule is CC(=O)CCC(=O)Oc1ccc(OC(=O)CCC(C)=O)cc1. The van der Waals surface area contributed by atoms with E-state index in [9.17, 15) is 19.2 Å². The van der Waals surface area contributed by atoms with Crippen LogP contribution in [0.3, 0.4) is 0 Å². The Hall–Kier alpha value is -2.50. The Bertz CT molecular complexity index is 508. The fourth-order valence-electron chi connectivity index (χ4n) is 1.50. The molecule has 6 nitrogen and oxygen atoms in total. The van der Waals surface area contributed by atoms with Crippen LogP contribution in [0.25, 0.3) is 0 Å². The average molecular weight is 306 g/mol. The summed E-state index contributed by atoms with van der Waals surface area (Å²) in [5, 5.41) is 0. The molecule has 0 unspecified atom stereocenters. The van der Waals surface area contributed by atoms with Gasteiger partial charge in [0.25, 0.3) is 0 Å². The number of carbonyl (C=O) groups excluding carboxylic acids is 4. The second kappa shape index (κ2) is 8.71. The minimum Gasteiger partial charge on any atom is -0.427 e. The van der Waals surface area contributed by atoms with Crippen LogP contribution in [0, 0.1) is 0 Å². The smallest absolute Gasteiger partial charge is 0.311 e. The van der Waals surface area contributed by atoms with Crippen molar-refractivity contribution >= 4 is 23.5 Å². The summed E-state index contributed by atoms with van der Waals surface area (Å²) in [6, 6.07) is 5.94. The maximum absolute atomic E-state index is 11.4. The highest BCUT2D eigenvalue weighted by Gasteiger charge is 2.09. The lowest BCUT2D eigenvalue weighted by Gasteiger charge is -2.06. The molecular weight excluding hydrogens is 288 g/mol. The second-order valence-electron chi connectivity index (χ2n) is 4.82. The first kappa shape index (κ1) is 17.6. The van der Waals surface area contributed by atoms with E-state index in [0.29, 0.717) is 11.5 Å². The van der Waals surface area contributed by atoms with Gasteiger partial charge in [-0.1, -0.05) is 0 Å². The van der Waals surface area contributed by atoms with Crippen LogP contribution in [0.15, 0.2) is 24.3 Å². The van der Waals surface area contributed by atoms with Gasteiger partial charge in [0.05, 0.1) is 12.8 Å². The van der Waals surface area contributed by atoms with Crippen LogP contribution in [0.1, 0.15) is 39.5 Å². The van der Waals surface area contributed by atoms with Crippen molar-refractivity contribution in [3.8, 4) is 11.5 Å². The zero-order valence-corrected chi connectivity index (χ0v) is 12.6. The molecule has 0 N–H and O–H groups in total. The zero-order chi connectivity index (χ0) is 16.5. The lowest BCUT2D eigenvalue weighted by atomic mass is 10.2. The van der Waals surface area contributed by atoms with Gasteiger partial charge in [-0.2, -0.15) is 0 Å². The van der Waals surface area contributed by atoms with Crippen LogP contribution < -0.4 is 9.47 Å². The van der Waals surface area contributed by atoms with Crippen LogP contribution in [0.5, 0.6) is 11.5 Å². The average Bonchev–Trinajstić information content (AvgIpc) is 2.45. The molecule has 0 aliphatic heterocycles. The minimum atomic E-state index is -0.499. The molecule has 0 fully saturated rings. The van der Waals surface area contributed by atoms with E-state index in [2.05, 4.69) is 0 Å². The third-order valence-corrected chi connectivity index (χ3v) is 2.65. The Morgan fingerprint density at radius 1 is 0.682 bits per heavy atom. The topological polar surface area (TPSA) is 86.7 Å². The molecule has 0 radical (unpaired) electrons. The van der Waals surface area contributed by atoms with Crippen molar-refractivity contribution in [1.29, 1.82) is 0 Å². The minimum absolute atomic E-state index is 0.0249. The number of Topliss-reactive ketones (excluding diaryl/α,β-unsaturated/α-hetero) is 2. The summed E-state index contributed by atoms with van der Waals surface area (Å²) in [6.45, 7) is 2.81. The molecule has 0 aliphatic carbocycles. The number of hydrogen-bond acceptors (Lipinski definition) is 6. The molecule has 0 spiro atoms. The first-order valence-electron chi connectivity index (χ1n) is 6.87. The molecule has 0 saturated carbocycles. The van der Waals surface area contributed by atoms with Crippen molar-refractivity contribution in [1.82, 2.24) is 0 Å². The molecule has 0 aliphatic rings. The quantitative estimate of drug-likeness (QED) is 0.540. The van der Waals surface area contributed by atoms with Crippen LogP contribution in [-0.4, -0.2) is 23.5 Å². The number of hydrogen-bond donors (Lipinski definition) is 0. The summed E-state index contributed by atoms with van der Waals surface area (Å²) >= 11 is 0. The number of ketones is 2. The Balaban J connectivity index is 2.45. The molecule has 0 heterocycles. The summed E-state index contributed by atoms with van der Waals surface area (Å²) in [4.78, 5) is 44.4. The molecule has 1 aromatic carbocycles. The normalized spacial score (nSPS) is 9.91. The molecule has 1 rings (SSSR count). The van der Waals surface area contributed by atoms with E-state index >= 15 is 0 Å². The summed E-state index contributed by atoms with van der Waals surface area (Å²) in [7, 11) is 0. The predicted molar refractivity (Wildman–Crippen MR) is 77.5 cm³/mol. The Labute approximate surface area is 128 Å². The van der Waals surface area contributed by atoms with E-state index in [4.69, 9.17) is 9.47 Å². The summed E-state index contributed by atoms with van der Waals surface area (Å²) < 4.78 is 10.1. The molecular formula is C16H18O6. The van der Waals surface area contributed by atoms with Crippen molar-refractivity contribution in [2.24, 2.45) is 0 Å². The maximum Gasteiger partial charge on any atom is 0.311 e. The van der Waals surface area contributed by atoms with Gasteiger partial charge in [0, 0.05) is 12.8 Å². The highest BCUT2D eigenvalue weighted by atomic mass is 16.5. The third kappa shape index (κ3) is 7.33. The molecule has 0 bridgehead atoms. The highest BCUT2D eigenvalue weighted by molar-refractivity contribution is 5.82. The molecule has 22 heavy (non-hydrogen) atoms. The van der Waals surface area contributed by atoms with Crippen molar-refractivity contribution in [2.45, 2.75) is 39.5 Å². The van der Waals surface area contributed by atoms with Gasteiger partial charge in [-0.05, 0) is 38.1 Å². The molecule has 0 aromatic heterocycles. The van der Waals surface area contributed by atoms with Gasteiger partial charge in [0.2, 0.25) is 0 Å². The zero-order valence-electron chi connectivity index (χ0n) is 12.6. The van der Waals surface area contributed by atoms with Crippen LogP contribution in [0.4, 0.5) is 0 Å². The Kier molecular flexibility index (Phi) is 6.95. The van der Waals surface area contributed by atoms with Crippen LogP contribution >= 0.6 is 0 Å². The summed E-state index contributed by atoms with van der Waals surface area (Å²) in [5.41, 5.74) is 0. The monoisotopic (exact) mass is 306 g/mol. The molecule has 6 heteroatoms. The van der Waals surface area contributed by atoms with Gasteiger partial charge in [-0.3, -0.25) is 9.59 Å². The fourth-order valence-corrected chi connectivity index (χ4v) is 1.50. The Morgan fingerprint density at radius 2 is 1.00 bits per heavy atom. The van der Waals surface area contributed by atoms with Gasteiger partial charge >= 0.3 is 11.9 Å². The van der Waals surface area contributed by atoms with Gasteiger partial charge in [-0.15, -0.1) is 0 Å². The fraction of sp³-hybridized carbons (Fsp3) is 0.375. The molecule has 1 aromatic rings.